The normalized spacial score (nSPS) is 19.9. The number of hydrazone groups is 1. The molecule has 4 N–H and O–H groups in total. The van der Waals surface area contributed by atoms with Gasteiger partial charge >= 0.3 is 0 Å². The van der Waals surface area contributed by atoms with Gasteiger partial charge in [0.15, 0.2) is 6.23 Å². The number of allylic oxidation sites excluding steroid dienone is 1. The number of aryl methyl sites for hydroxylation is 1. The summed E-state index contributed by atoms with van der Waals surface area (Å²) < 4.78 is 31.5. The number of nitrogens with zero attached hydrogens (tertiary/aromatic N) is 3. The Kier molecular flexibility index (Phi) is 16.8. The van der Waals surface area contributed by atoms with Crippen LogP contribution in [0.25, 0.3) is 6.08 Å². The number of aromatic nitrogens is 1. The van der Waals surface area contributed by atoms with Crippen molar-refractivity contribution < 1.29 is 13.5 Å². The highest BCUT2D eigenvalue weighted by atomic mass is 19.3. The molecule has 36 heavy (non-hydrogen) atoms. The number of methoxy groups -OCH3 is 1. The van der Waals surface area contributed by atoms with Gasteiger partial charge in [0, 0.05) is 38.5 Å². The maximum atomic E-state index is 13.1. The molecule has 0 amide bonds. The van der Waals surface area contributed by atoms with Crippen molar-refractivity contribution in [3.05, 3.63) is 41.2 Å². The number of nitrogens with two attached hydrogens (primary N) is 2. The molecule has 0 spiro atoms. The fourth-order valence-electron chi connectivity index (χ4n) is 3.96. The second-order valence-electron chi connectivity index (χ2n) is 8.74. The highest BCUT2D eigenvalue weighted by Crippen LogP contribution is 2.32. The molecule has 0 saturated heterocycles. The number of ether oxygens (including phenoxy) is 1. The van der Waals surface area contributed by atoms with Gasteiger partial charge < -0.3 is 16.2 Å². The van der Waals surface area contributed by atoms with E-state index in [1.54, 1.807) is 12.1 Å². The summed E-state index contributed by atoms with van der Waals surface area (Å²) in [4.78, 5) is 4.01. The van der Waals surface area contributed by atoms with E-state index < -0.39 is 5.92 Å². The average Bonchev–Trinajstić information content (AvgIpc) is 3.27. The lowest BCUT2D eigenvalue weighted by molar-refractivity contribution is -0.0151. The number of rotatable bonds is 3. The van der Waals surface area contributed by atoms with Gasteiger partial charge in [-0.1, -0.05) is 70.1 Å². The topological polar surface area (TPSA) is 89.8 Å². The van der Waals surface area contributed by atoms with Gasteiger partial charge in [0.05, 0.1) is 11.6 Å². The number of alkyl halides is 2. The molecule has 206 valence electrons. The number of nitrogen functional groups attached to an aromatic ring is 1. The van der Waals surface area contributed by atoms with E-state index in [1.807, 2.05) is 46.2 Å². The minimum Gasteiger partial charge on any atom is -0.398 e. The van der Waals surface area contributed by atoms with Gasteiger partial charge in [-0.15, -0.1) is 6.58 Å². The summed E-state index contributed by atoms with van der Waals surface area (Å²) in [5.74, 6) is -2.70. The number of fused-ring (bicyclic) bond motifs is 1. The Morgan fingerprint density at radius 2 is 1.64 bits per heavy atom. The van der Waals surface area contributed by atoms with Crippen LogP contribution in [-0.2, 0) is 17.1 Å². The summed E-state index contributed by atoms with van der Waals surface area (Å²) in [5, 5.41) is 5.84. The van der Waals surface area contributed by atoms with Crippen LogP contribution in [0.1, 0.15) is 89.6 Å². The van der Waals surface area contributed by atoms with Gasteiger partial charge in [0.25, 0.3) is 5.92 Å². The van der Waals surface area contributed by atoms with Crippen LogP contribution in [0.2, 0.25) is 0 Å². The molecule has 2 atom stereocenters. The predicted octanol–water partition coefficient (Wildman–Crippen LogP) is 6.76. The molecule has 6 nitrogen and oxygen atoms in total. The molecular weight excluding hydrogens is 460 g/mol. The zero-order chi connectivity index (χ0) is 27.7. The fraction of sp³-hybridized carbons (Fsp3) is 0.643. The Balaban J connectivity index is 0.000000523. The first-order valence-electron chi connectivity index (χ1n) is 13.0. The van der Waals surface area contributed by atoms with Gasteiger partial charge in [-0.3, -0.25) is 9.99 Å². The number of hydrogen-bond donors (Lipinski definition) is 2. The molecule has 1 saturated carbocycles. The van der Waals surface area contributed by atoms with E-state index in [0.29, 0.717) is 17.8 Å². The van der Waals surface area contributed by atoms with Crippen molar-refractivity contribution in [1.82, 2.24) is 9.99 Å². The standard InChI is InChI=1S/C12H14F2N2.C7H12N2O.C6H12.C2H6.CH5N/c1-7-3-4-10-8(5-7)9(15)6-11(16-10)12(2,13)14;1-4-6-5-8-9(2)7(6)10-3;1-2-4-6-5-3-1;2*1-2/h5-6H,3-4H2,1-2H3,(H2,15,16);4-7H,1H2,2-3H3;1-6H2;1-2H3;2H2,1H3. The zero-order valence-electron chi connectivity index (χ0n) is 23.5. The first-order chi connectivity index (χ1) is 17.2. The maximum absolute atomic E-state index is 13.1. The van der Waals surface area contributed by atoms with Crippen molar-refractivity contribution in [2.75, 3.05) is 26.9 Å². The molecular formula is C28H49F2N5O. The Morgan fingerprint density at radius 1 is 1.11 bits per heavy atom. The molecule has 0 radical (unpaired) electrons. The highest BCUT2D eigenvalue weighted by molar-refractivity contribution is 5.70. The van der Waals surface area contributed by atoms with Crippen LogP contribution in [0.15, 0.2) is 29.4 Å². The molecule has 1 aromatic heterocycles. The molecule has 1 aromatic rings. The van der Waals surface area contributed by atoms with Crippen molar-refractivity contribution in [2.45, 2.75) is 91.2 Å². The monoisotopic (exact) mass is 509 g/mol. The third-order valence-corrected chi connectivity index (χ3v) is 5.90. The molecule has 2 aliphatic carbocycles. The first-order valence-corrected chi connectivity index (χ1v) is 13.0. The molecule has 2 unspecified atom stereocenters. The van der Waals surface area contributed by atoms with Crippen LogP contribution in [-0.4, -0.2) is 43.6 Å². The van der Waals surface area contributed by atoms with Crippen LogP contribution in [0.3, 0.4) is 0 Å². The Labute approximate surface area is 217 Å². The largest absolute Gasteiger partial charge is 0.398 e. The van der Waals surface area contributed by atoms with E-state index >= 15 is 0 Å². The van der Waals surface area contributed by atoms with E-state index in [4.69, 9.17) is 10.5 Å². The van der Waals surface area contributed by atoms with Crippen molar-refractivity contribution >= 4 is 18.0 Å². The van der Waals surface area contributed by atoms with Crippen molar-refractivity contribution in [3.63, 3.8) is 0 Å². The van der Waals surface area contributed by atoms with Crippen molar-refractivity contribution in [3.8, 4) is 0 Å². The summed E-state index contributed by atoms with van der Waals surface area (Å²) >= 11 is 0. The highest BCUT2D eigenvalue weighted by Gasteiger charge is 2.28. The molecule has 0 aromatic carbocycles. The number of anilines is 1. The van der Waals surface area contributed by atoms with Gasteiger partial charge in [0.2, 0.25) is 0 Å². The van der Waals surface area contributed by atoms with Gasteiger partial charge in [-0.2, -0.15) is 13.9 Å². The van der Waals surface area contributed by atoms with Gasteiger partial charge in [-0.05, 0) is 32.9 Å². The van der Waals surface area contributed by atoms with Crippen LogP contribution in [0.4, 0.5) is 14.5 Å². The zero-order valence-corrected chi connectivity index (χ0v) is 23.5. The lowest BCUT2D eigenvalue weighted by Crippen LogP contribution is -2.29. The molecule has 1 fully saturated rings. The van der Waals surface area contributed by atoms with E-state index in [1.165, 1.54) is 57.2 Å². The average molecular weight is 510 g/mol. The molecule has 8 heteroatoms. The minimum absolute atomic E-state index is 0.0394. The molecule has 3 aliphatic rings. The number of halogens is 2. The molecule has 2 heterocycles. The lowest BCUT2D eigenvalue weighted by Gasteiger charge is -2.20. The Hall–Kier alpha value is -2.32. The van der Waals surface area contributed by atoms with Crippen molar-refractivity contribution in [1.29, 1.82) is 0 Å². The predicted molar refractivity (Wildman–Crippen MR) is 150 cm³/mol. The van der Waals surface area contributed by atoms with Crippen LogP contribution in [0, 0.1) is 5.92 Å². The van der Waals surface area contributed by atoms with E-state index in [0.717, 1.165) is 18.9 Å². The van der Waals surface area contributed by atoms with Crippen LogP contribution >= 0.6 is 0 Å². The second-order valence-corrected chi connectivity index (χ2v) is 8.74. The van der Waals surface area contributed by atoms with E-state index in [9.17, 15) is 8.78 Å². The summed E-state index contributed by atoms with van der Waals surface area (Å²) in [6.45, 7) is 10.5. The summed E-state index contributed by atoms with van der Waals surface area (Å²) in [5.41, 5.74) is 13.1. The third-order valence-electron chi connectivity index (χ3n) is 5.90. The summed E-state index contributed by atoms with van der Waals surface area (Å²) in [6.07, 6.45) is 16.2. The summed E-state index contributed by atoms with van der Waals surface area (Å²) in [7, 11) is 5.06. The Morgan fingerprint density at radius 3 is 2.06 bits per heavy atom. The van der Waals surface area contributed by atoms with E-state index in [2.05, 4.69) is 22.4 Å². The third kappa shape index (κ3) is 11.2. The SMILES string of the molecule is C1CCCCC1.C=CC1C=NN(C)C1OC.CC.CC1=Cc2c(N)cc(C(C)(F)F)nc2CC1.CN. The number of hydrogen-bond acceptors (Lipinski definition) is 6. The van der Waals surface area contributed by atoms with E-state index in [-0.39, 0.29) is 17.8 Å². The Bertz CT molecular complexity index is 805. The maximum Gasteiger partial charge on any atom is 0.287 e. The quantitative estimate of drug-likeness (QED) is 0.439. The molecule has 0 bridgehead atoms. The van der Waals surface area contributed by atoms with Gasteiger partial charge in [0.1, 0.15) is 5.69 Å². The first kappa shape index (κ1) is 33.7. The molecule has 1 aliphatic heterocycles. The fourth-order valence-corrected chi connectivity index (χ4v) is 3.96. The number of pyridine rings is 1. The van der Waals surface area contributed by atoms with Crippen LogP contribution in [0.5, 0.6) is 0 Å². The van der Waals surface area contributed by atoms with Crippen molar-refractivity contribution in [2.24, 2.45) is 16.8 Å². The smallest absolute Gasteiger partial charge is 0.287 e. The van der Waals surface area contributed by atoms with Gasteiger partial charge in [-0.25, -0.2) is 0 Å². The minimum atomic E-state index is -2.93. The molecule has 4 rings (SSSR count). The second kappa shape index (κ2) is 18.0. The lowest BCUT2D eigenvalue weighted by atomic mass is 9.95. The van der Waals surface area contributed by atoms with Crippen LogP contribution < -0.4 is 11.5 Å². The summed E-state index contributed by atoms with van der Waals surface area (Å²) in [6, 6.07) is 1.27.